The zero-order valence-electron chi connectivity index (χ0n) is 8.86. The first-order valence-corrected chi connectivity index (χ1v) is 5.04. The van der Waals surface area contributed by atoms with Gasteiger partial charge in [0, 0.05) is 0 Å². The highest BCUT2D eigenvalue weighted by Crippen LogP contribution is 2.08. The van der Waals surface area contributed by atoms with Crippen LogP contribution in [0.25, 0.3) is 0 Å². The van der Waals surface area contributed by atoms with Crippen LogP contribution in [0, 0.1) is 0 Å². The van der Waals surface area contributed by atoms with Gasteiger partial charge in [-0.15, -0.1) is 0 Å². The predicted molar refractivity (Wildman–Crippen MR) is 59.5 cm³/mol. The van der Waals surface area contributed by atoms with E-state index < -0.39 is 0 Å². The lowest BCUT2D eigenvalue weighted by atomic mass is 10.1. The van der Waals surface area contributed by atoms with Crippen molar-refractivity contribution >= 4 is 5.71 Å². The van der Waals surface area contributed by atoms with Gasteiger partial charge in [0.15, 0.2) is 0 Å². The number of unbranched alkanes of at least 4 members (excludes halogenated alkanes) is 1. The first-order chi connectivity index (χ1) is 6.88. The third kappa shape index (κ3) is 3.21. The van der Waals surface area contributed by atoms with Crippen molar-refractivity contribution < 1.29 is 4.84 Å². The van der Waals surface area contributed by atoms with Crippen LogP contribution in [0.15, 0.2) is 35.5 Å². The van der Waals surface area contributed by atoms with Crippen molar-refractivity contribution in [3.05, 3.63) is 35.9 Å². The molecule has 0 N–H and O–H groups in total. The summed E-state index contributed by atoms with van der Waals surface area (Å²) in [4.78, 5) is 4.84. The third-order valence-electron chi connectivity index (χ3n) is 2.08. The molecule has 0 aromatic heterocycles. The van der Waals surface area contributed by atoms with Crippen molar-refractivity contribution in [3.8, 4) is 0 Å². The SMILES string of the molecule is CCCC/C(=N\OC)c1ccccc1. The molecule has 2 heteroatoms. The molecule has 0 fully saturated rings. The monoisotopic (exact) mass is 191 g/mol. The second-order valence-electron chi connectivity index (χ2n) is 3.19. The molecule has 1 rings (SSSR count). The molecule has 1 aromatic carbocycles. The van der Waals surface area contributed by atoms with Gasteiger partial charge in [-0.2, -0.15) is 0 Å². The summed E-state index contributed by atoms with van der Waals surface area (Å²) in [5.74, 6) is 0. The first-order valence-electron chi connectivity index (χ1n) is 5.04. The Morgan fingerprint density at radius 3 is 2.57 bits per heavy atom. The zero-order valence-corrected chi connectivity index (χ0v) is 8.86. The Hall–Kier alpha value is -1.31. The summed E-state index contributed by atoms with van der Waals surface area (Å²) in [6, 6.07) is 10.2. The maximum Gasteiger partial charge on any atom is 0.106 e. The molecule has 76 valence electrons. The minimum absolute atomic E-state index is 0.981. The first kappa shape index (κ1) is 10.8. The lowest BCUT2D eigenvalue weighted by molar-refractivity contribution is 0.212. The summed E-state index contributed by atoms with van der Waals surface area (Å²) in [7, 11) is 1.59. The third-order valence-corrected chi connectivity index (χ3v) is 2.08. The Balaban J connectivity index is 2.73. The molecule has 14 heavy (non-hydrogen) atoms. The standard InChI is InChI=1S/C12H17NO/c1-3-4-10-12(13-14-2)11-8-6-5-7-9-11/h5-9H,3-4,10H2,1-2H3/b13-12+. The summed E-state index contributed by atoms with van der Waals surface area (Å²) in [5.41, 5.74) is 2.19. The van der Waals surface area contributed by atoms with Gasteiger partial charge in [-0.05, 0) is 18.4 Å². The number of nitrogens with zero attached hydrogens (tertiary/aromatic N) is 1. The van der Waals surface area contributed by atoms with E-state index in [0.29, 0.717) is 0 Å². The van der Waals surface area contributed by atoms with Gasteiger partial charge < -0.3 is 4.84 Å². The van der Waals surface area contributed by atoms with Crippen LogP contribution in [0.1, 0.15) is 31.7 Å². The van der Waals surface area contributed by atoms with E-state index in [4.69, 9.17) is 4.84 Å². The fraction of sp³-hybridized carbons (Fsp3) is 0.417. The topological polar surface area (TPSA) is 21.6 Å². The maximum atomic E-state index is 4.84. The van der Waals surface area contributed by atoms with Gasteiger partial charge in [0.1, 0.15) is 7.11 Å². The fourth-order valence-corrected chi connectivity index (χ4v) is 1.33. The molecule has 0 spiro atoms. The molecule has 0 aliphatic rings. The lowest BCUT2D eigenvalue weighted by Crippen LogP contribution is -2.01. The van der Waals surface area contributed by atoms with E-state index in [9.17, 15) is 0 Å². The van der Waals surface area contributed by atoms with E-state index >= 15 is 0 Å². The van der Waals surface area contributed by atoms with Crippen LogP contribution in [0.5, 0.6) is 0 Å². The average Bonchev–Trinajstić information content (AvgIpc) is 2.25. The second-order valence-corrected chi connectivity index (χ2v) is 3.19. The molecule has 0 aliphatic heterocycles. The molecule has 0 saturated carbocycles. The van der Waals surface area contributed by atoms with Crippen molar-refractivity contribution in [1.82, 2.24) is 0 Å². The number of oxime groups is 1. The van der Waals surface area contributed by atoms with Crippen LogP contribution in [-0.4, -0.2) is 12.8 Å². The van der Waals surface area contributed by atoms with Crippen LogP contribution in [0.4, 0.5) is 0 Å². The Morgan fingerprint density at radius 1 is 1.29 bits per heavy atom. The molecular weight excluding hydrogens is 174 g/mol. The second kappa shape index (κ2) is 6.19. The normalized spacial score (nSPS) is 11.4. The molecule has 1 aromatic rings. The Kier molecular flexibility index (Phi) is 4.76. The van der Waals surface area contributed by atoms with Crippen molar-refractivity contribution in [3.63, 3.8) is 0 Å². The maximum absolute atomic E-state index is 4.84. The molecule has 0 radical (unpaired) electrons. The molecule has 0 heterocycles. The largest absolute Gasteiger partial charge is 0.399 e. The lowest BCUT2D eigenvalue weighted by Gasteiger charge is -2.04. The van der Waals surface area contributed by atoms with E-state index in [0.717, 1.165) is 24.1 Å². The minimum atomic E-state index is 0.981. The highest BCUT2D eigenvalue weighted by Gasteiger charge is 2.02. The highest BCUT2D eigenvalue weighted by molar-refractivity contribution is 6.00. The molecule has 0 saturated heterocycles. The molecule has 0 bridgehead atoms. The number of hydrogen-bond acceptors (Lipinski definition) is 2. The smallest absolute Gasteiger partial charge is 0.106 e. The van der Waals surface area contributed by atoms with Gasteiger partial charge in [0.05, 0.1) is 5.71 Å². The van der Waals surface area contributed by atoms with Crippen LogP contribution in [0.2, 0.25) is 0 Å². The molecular formula is C12H17NO. The number of rotatable bonds is 5. The molecule has 0 aliphatic carbocycles. The van der Waals surface area contributed by atoms with Gasteiger partial charge in [-0.1, -0.05) is 48.8 Å². The van der Waals surface area contributed by atoms with Crippen molar-refractivity contribution in [2.24, 2.45) is 5.16 Å². The Bertz CT molecular complexity index is 280. The van der Waals surface area contributed by atoms with Gasteiger partial charge in [-0.3, -0.25) is 0 Å². The van der Waals surface area contributed by atoms with Crippen molar-refractivity contribution in [2.45, 2.75) is 26.2 Å². The molecule has 0 unspecified atom stereocenters. The Labute approximate surface area is 85.6 Å². The summed E-state index contributed by atoms with van der Waals surface area (Å²) in [5, 5.41) is 4.05. The predicted octanol–water partition coefficient (Wildman–Crippen LogP) is 3.23. The Morgan fingerprint density at radius 2 is 2.00 bits per heavy atom. The van der Waals surface area contributed by atoms with Gasteiger partial charge in [0.25, 0.3) is 0 Å². The fourth-order valence-electron chi connectivity index (χ4n) is 1.33. The summed E-state index contributed by atoms with van der Waals surface area (Å²) >= 11 is 0. The van der Waals surface area contributed by atoms with Crippen LogP contribution < -0.4 is 0 Å². The molecule has 2 nitrogen and oxygen atoms in total. The number of hydrogen-bond donors (Lipinski definition) is 0. The van der Waals surface area contributed by atoms with E-state index in [2.05, 4.69) is 24.2 Å². The van der Waals surface area contributed by atoms with Gasteiger partial charge in [0.2, 0.25) is 0 Å². The average molecular weight is 191 g/mol. The van der Waals surface area contributed by atoms with Crippen molar-refractivity contribution in [2.75, 3.05) is 7.11 Å². The van der Waals surface area contributed by atoms with E-state index in [1.54, 1.807) is 7.11 Å². The van der Waals surface area contributed by atoms with E-state index in [-0.39, 0.29) is 0 Å². The summed E-state index contributed by atoms with van der Waals surface area (Å²) < 4.78 is 0. The van der Waals surface area contributed by atoms with Crippen LogP contribution in [0.3, 0.4) is 0 Å². The van der Waals surface area contributed by atoms with Crippen LogP contribution >= 0.6 is 0 Å². The molecule has 0 amide bonds. The zero-order chi connectivity index (χ0) is 10.2. The number of benzene rings is 1. The van der Waals surface area contributed by atoms with Gasteiger partial charge >= 0.3 is 0 Å². The highest BCUT2D eigenvalue weighted by atomic mass is 16.6. The van der Waals surface area contributed by atoms with Crippen LogP contribution in [-0.2, 0) is 4.84 Å². The van der Waals surface area contributed by atoms with E-state index in [1.807, 2.05) is 18.2 Å². The van der Waals surface area contributed by atoms with Gasteiger partial charge in [-0.25, -0.2) is 0 Å². The minimum Gasteiger partial charge on any atom is -0.399 e. The summed E-state index contributed by atoms with van der Waals surface area (Å²) in [6.45, 7) is 2.18. The van der Waals surface area contributed by atoms with Crippen molar-refractivity contribution in [1.29, 1.82) is 0 Å². The quantitative estimate of drug-likeness (QED) is 0.517. The van der Waals surface area contributed by atoms with E-state index in [1.165, 1.54) is 6.42 Å². The molecule has 0 atom stereocenters. The summed E-state index contributed by atoms with van der Waals surface area (Å²) in [6.07, 6.45) is 3.31.